The predicted octanol–water partition coefficient (Wildman–Crippen LogP) is 4.40. The van der Waals surface area contributed by atoms with Crippen LogP contribution in [0, 0.1) is 11.3 Å². The van der Waals surface area contributed by atoms with Crippen molar-refractivity contribution in [2.24, 2.45) is 0 Å². The highest BCUT2D eigenvalue weighted by Crippen LogP contribution is 2.50. The Morgan fingerprint density at radius 2 is 1.62 bits per heavy atom. The Morgan fingerprint density at radius 1 is 0.969 bits per heavy atom. The van der Waals surface area contributed by atoms with Crippen LogP contribution in [-0.2, 0) is 22.0 Å². The minimum Gasteiger partial charge on any atom is -0.369 e. The Kier molecular flexibility index (Phi) is 5.95. The molecule has 5 nitrogen and oxygen atoms in total. The normalized spacial score (nSPS) is 15.6. The van der Waals surface area contributed by atoms with Crippen molar-refractivity contribution in [1.82, 2.24) is 0 Å². The molecule has 1 N–H and O–H groups in total. The lowest BCUT2D eigenvalue weighted by atomic mass is 9.90. The van der Waals surface area contributed by atoms with E-state index in [1.165, 1.54) is 18.2 Å². The zero-order valence-electron chi connectivity index (χ0n) is 16.2. The van der Waals surface area contributed by atoms with Crippen molar-refractivity contribution in [1.29, 1.82) is 5.26 Å². The van der Waals surface area contributed by atoms with Crippen LogP contribution in [-0.4, -0.2) is 32.4 Å². The van der Waals surface area contributed by atoms with Crippen LogP contribution in [0.1, 0.15) is 29.5 Å². The summed E-state index contributed by atoms with van der Waals surface area (Å²) in [6.07, 6.45) is -11.5. The van der Waals surface area contributed by atoms with Crippen molar-refractivity contribution in [3.8, 4) is 6.07 Å². The molecule has 1 heterocycles. The van der Waals surface area contributed by atoms with Gasteiger partial charge in [-0.2, -0.15) is 31.6 Å². The van der Waals surface area contributed by atoms with E-state index in [9.17, 15) is 39.9 Å². The average Bonchev–Trinajstić information content (AvgIpc) is 2.93. The molecule has 0 saturated heterocycles. The summed E-state index contributed by atoms with van der Waals surface area (Å²) in [5.74, 6) is 0. The number of aryl methyl sites for hydroxylation is 1. The first-order chi connectivity index (χ1) is 14.7. The molecule has 0 atom stereocenters. The van der Waals surface area contributed by atoms with Crippen LogP contribution in [0.5, 0.6) is 0 Å². The largest absolute Gasteiger partial charge is 0.430 e. The summed E-state index contributed by atoms with van der Waals surface area (Å²) in [7, 11) is -4.26. The molecule has 1 aliphatic heterocycles. The van der Waals surface area contributed by atoms with Gasteiger partial charge in [0.25, 0.3) is 15.6 Å². The molecule has 0 amide bonds. The molecule has 0 unspecified atom stereocenters. The van der Waals surface area contributed by atoms with Gasteiger partial charge in [-0.25, -0.2) is 8.42 Å². The first-order valence-electron chi connectivity index (χ1n) is 9.25. The van der Waals surface area contributed by atoms with Gasteiger partial charge in [0.05, 0.1) is 22.2 Å². The van der Waals surface area contributed by atoms with Gasteiger partial charge >= 0.3 is 12.4 Å². The number of alkyl halides is 6. The number of benzene rings is 2. The van der Waals surface area contributed by atoms with Gasteiger partial charge in [-0.05, 0) is 49.1 Å². The fourth-order valence-corrected chi connectivity index (χ4v) is 5.12. The molecule has 2 aromatic carbocycles. The fourth-order valence-electron chi connectivity index (χ4n) is 3.54. The first kappa shape index (κ1) is 23.9. The van der Waals surface area contributed by atoms with E-state index < -0.39 is 33.5 Å². The minimum absolute atomic E-state index is 0.0131. The zero-order valence-corrected chi connectivity index (χ0v) is 17.0. The van der Waals surface area contributed by atoms with Gasteiger partial charge in [-0.15, -0.1) is 0 Å². The number of aliphatic hydroxyl groups is 1. The maximum atomic E-state index is 13.3. The van der Waals surface area contributed by atoms with E-state index in [1.807, 2.05) is 0 Å². The van der Waals surface area contributed by atoms with E-state index in [0.29, 0.717) is 25.0 Å². The van der Waals surface area contributed by atoms with Crippen molar-refractivity contribution >= 4 is 15.7 Å². The molecule has 0 radical (unpaired) electrons. The Balaban J connectivity index is 2.16. The second-order valence-corrected chi connectivity index (χ2v) is 9.09. The van der Waals surface area contributed by atoms with Crippen LogP contribution >= 0.6 is 0 Å². The molecule has 0 saturated carbocycles. The summed E-state index contributed by atoms with van der Waals surface area (Å²) in [5, 5.41) is 18.7. The lowest BCUT2D eigenvalue weighted by Crippen LogP contribution is -2.54. The number of hydrogen-bond donors (Lipinski definition) is 1. The zero-order chi connectivity index (χ0) is 23.9. The predicted molar refractivity (Wildman–Crippen MR) is 101 cm³/mol. The SMILES string of the molecule is N#Cc1cccc(S(=O)(=O)N2CCCCc3cc(C(O)(C(F)(F)F)C(F)(F)F)ccc32)c1. The van der Waals surface area contributed by atoms with Crippen molar-refractivity contribution in [3.63, 3.8) is 0 Å². The van der Waals surface area contributed by atoms with E-state index in [0.717, 1.165) is 16.4 Å². The maximum absolute atomic E-state index is 13.3. The molecule has 1 aliphatic rings. The van der Waals surface area contributed by atoms with E-state index in [2.05, 4.69) is 0 Å². The number of anilines is 1. The molecular formula is C20H16F6N2O3S. The molecule has 0 aromatic heterocycles. The summed E-state index contributed by atoms with van der Waals surface area (Å²) in [5.41, 5.74) is -6.64. The van der Waals surface area contributed by atoms with Gasteiger partial charge in [0, 0.05) is 12.1 Å². The number of hydrogen-bond acceptors (Lipinski definition) is 4. The molecule has 0 spiro atoms. The minimum atomic E-state index is -6.05. The Hall–Kier alpha value is -2.78. The molecule has 0 aliphatic carbocycles. The highest BCUT2D eigenvalue weighted by Gasteiger charge is 2.71. The summed E-state index contributed by atoms with van der Waals surface area (Å²) in [6.45, 7) is -0.0612. The van der Waals surface area contributed by atoms with Crippen molar-refractivity contribution in [2.45, 2.75) is 42.1 Å². The lowest BCUT2D eigenvalue weighted by molar-refractivity contribution is -0.376. The second kappa shape index (κ2) is 7.97. The number of nitrogens with zero attached hydrogens (tertiary/aromatic N) is 2. The topological polar surface area (TPSA) is 81.4 Å². The lowest BCUT2D eigenvalue weighted by Gasteiger charge is -2.33. The third kappa shape index (κ3) is 3.91. The van der Waals surface area contributed by atoms with Gasteiger partial charge < -0.3 is 5.11 Å². The molecule has 12 heteroatoms. The smallest absolute Gasteiger partial charge is 0.369 e. The number of halogens is 6. The van der Waals surface area contributed by atoms with Gasteiger partial charge in [0.15, 0.2) is 0 Å². The van der Waals surface area contributed by atoms with E-state index in [-0.39, 0.29) is 34.7 Å². The van der Waals surface area contributed by atoms with Crippen LogP contribution in [0.4, 0.5) is 32.0 Å². The van der Waals surface area contributed by atoms with E-state index in [1.54, 1.807) is 6.07 Å². The number of fused-ring (bicyclic) bond motifs is 1. The van der Waals surface area contributed by atoms with Crippen LogP contribution in [0.25, 0.3) is 0 Å². The summed E-state index contributed by atoms with van der Waals surface area (Å²) in [4.78, 5) is -0.240. The Bertz CT molecular complexity index is 1160. The van der Waals surface area contributed by atoms with E-state index in [4.69, 9.17) is 5.26 Å². The highest BCUT2D eigenvalue weighted by molar-refractivity contribution is 7.92. The van der Waals surface area contributed by atoms with Gasteiger partial charge in [0.2, 0.25) is 0 Å². The number of nitriles is 1. The monoisotopic (exact) mass is 478 g/mol. The summed E-state index contributed by atoms with van der Waals surface area (Å²) in [6, 6.07) is 8.72. The first-order valence-corrected chi connectivity index (χ1v) is 10.7. The van der Waals surface area contributed by atoms with Crippen LogP contribution in [0.2, 0.25) is 0 Å². The average molecular weight is 478 g/mol. The standard InChI is InChI=1S/C20H16F6N2O3S/c21-19(22,23)18(29,20(24,25)26)15-7-8-17-14(11-15)5-1-2-9-28(17)32(30,31)16-6-3-4-13(10-16)12-27/h3-4,6-8,10-11,29H,1-2,5,9H2. The molecular weight excluding hydrogens is 462 g/mol. The molecule has 0 bridgehead atoms. The molecule has 172 valence electrons. The summed E-state index contributed by atoms with van der Waals surface area (Å²) < 4.78 is 107. The Morgan fingerprint density at radius 3 is 2.22 bits per heavy atom. The van der Waals surface area contributed by atoms with Gasteiger partial charge in [-0.3, -0.25) is 4.31 Å². The van der Waals surface area contributed by atoms with Gasteiger partial charge in [0.1, 0.15) is 0 Å². The van der Waals surface area contributed by atoms with Crippen LogP contribution in [0.15, 0.2) is 47.4 Å². The third-order valence-electron chi connectivity index (χ3n) is 5.19. The van der Waals surface area contributed by atoms with E-state index >= 15 is 0 Å². The second-order valence-electron chi connectivity index (χ2n) is 7.22. The Labute approximate surface area is 179 Å². The molecule has 2 aromatic rings. The number of rotatable bonds is 3. The van der Waals surface area contributed by atoms with Crippen LogP contribution in [0.3, 0.4) is 0 Å². The quantitative estimate of drug-likeness (QED) is 0.663. The molecule has 3 rings (SSSR count). The van der Waals surface area contributed by atoms with Crippen molar-refractivity contribution in [3.05, 3.63) is 59.2 Å². The maximum Gasteiger partial charge on any atom is 0.430 e. The van der Waals surface area contributed by atoms with Crippen LogP contribution < -0.4 is 4.31 Å². The van der Waals surface area contributed by atoms with Crippen molar-refractivity contribution < 1.29 is 39.9 Å². The fraction of sp³-hybridized carbons (Fsp3) is 0.350. The van der Waals surface area contributed by atoms with Crippen molar-refractivity contribution in [2.75, 3.05) is 10.8 Å². The third-order valence-corrected chi connectivity index (χ3v) is 7.00. The molecule has 0 fully saturated rings. The van der Waals surface area contributed by atoms with Gasteiger partial charge in [-0.1, -0.05) is 18.2 Å². The summed E-state index contributed by atoms with van der Waals surface area (Å²) >= 11 is 0. The molecule has 32 heavy (non-hydrogen) atoms. The highest BCUT2D eigenvalue weighted by atomic mass is 32.2. The number of sulfonamides is 1.